The number of aromatic carboxylic acids is 1. The van der Waals surface area contributed by atoms with Crippen LogP contribution in [0.25, 0.3) is 0 Å². The molecule has 0 heterocycles. The van der Waals surface area contributed by atoms with Gasteiger partial charge in [-0.3, -0.25) is 4.79 Å². The summed E-state index contributed by atoms with van der Waals surface area (Å²) in [6, 6.07) is 3.27. The van der Waals surface area contributed by atoms with Crippen LogP contribution in [0.3, 0.4) is 0 Å². The first kappa shape index (κ1) is 15.1. The summed E-state index contributed by atoms with van der Waals surface area (Å²) < 4.78 is 13.7. The fraction of sp³-hybridized carbons (Fsp3) is 0.429. The number of carbonyl (C=O) groups is 2. The van der Waals surface area contributed by atoms with E-state index in [1.54, 1.807) is 0 Å². The molecule has 0 radical (unpaired) electrons. The zero-order valence-corrected chi connectivity index (χ0v) is 11.3. The number of nitrogens with one attached hydrogen (secondary N) is 1. The van der Waals surface area contributed by atoms with Crippen molar-refractivity contribution in [1.82, 2.24) is 5.32 Å². The van der Waals surface area contributed by atoms with Crippen molar-refractivity contribution >= 4 is 11.9 Å². The van der Waals surface area contributed by atoms with Crippen LogP contribution in [0.4, 0.5) is 4.39 Å². The third-order valence-electron chi connectivity index (χ3n) is 3.44. The molecular formula is C14H18FNO3. The molecule has 0 fully saturated rings. The maximum Gasteiger partial charge on any atom is 0.335 e. The Balaban J connectivity index is 2.98. The van der Waals surface area contributed by atoms with E-state index >= 15 is 0 Å². The van der Waals surface area contributed by atoms with Crippen LogP contribution in [0.2, 0.25) is 0 Å². The SMILES string of the molecule is CCC(C)(CC)NC(=O)c1ccc(C(=O)O)cc1F. The van der Waals surface area contributed by atoms with Crippen molar-refractivity contribution in [2.75, 3.05) is 0 Å². The Hall–Kier alpha value is -1.91. The summed E-state index contributed by atoms with van der Waals surface area (Å²) in [5, 5.41) is 11.5. The number of carboxylic acids is 1. The number of amides is 1. The van der Waals surface area contributed by atoms with Gasteiger partial charge in [-0.15, -0.1) is 0 Å². The maximum absolute atomic E-state index is 13.7. The molecule has 19 heavy (non-hydrogen) atoms. The number of halogens is 1. The normalized spacial score (nSPS) is 11.2. The van der Waals surface area contributed by atoms with Crippen LogP contribution in [-0.4, -0.2) is 22.5 Å². The molecule has 1 rings (SSSR count). The van der Waals surface area contributed by atoms with Crippen LogP contribution in [-0.2, 0) is 0 Å². The predicted molar refractivity (Wildman–Crippen MR) is 69.8 cm³/mol. The second kappa shape index (κ2) is 5.82. The smallest absolute Gasteiger partial charge is 0.335 e. The highest BCUT2D eigenvalue weighted by Crippen LogP contribution is 2.16. The van der Waals surface area contributed by atoms with Gasteiger partial charge in [0, 0.05) is 5.54 Å². The fourth-order valence-electron chi connectivity index (χ4n) is 1.60. The van der Waals surface area contributed by atoms with Crippen molar-refractivity contribution in [3.63, 3.8) is 0 Å². The average molecular weight is 267 g/mol. The van der Waals surface area contributed by atoms with E-state index in [0.29, 0.717) is 0 Å². The lowest BCUT2D eigenvalue weighted by molar-refractivity contribution is 0.0695. The van der Waals surface area contributed by atoms with Crippen LogP contribution >= 0.6 is 0 Å². The summed E-state index contributed by atoms with van der Waals surface area (Å²) >= 11 is 0. The summed E-state index contributed by atoms with van der Waals surface area (Å²) in [6.07, 6.45) is 1.45. The molecule has 0 aliphatic rings. The Morgan fingerprint density at radius 3 is 2.32 bits per heavy atom. The van der Waals surface area contributed by atoms with Gasteiger partial charge in [0.2, 0.25) is 0 Å². The van der Waals surface area contributed by atoms with Crippen molar-refractivity contribution in [3.8, 4) is 0 Å². The largest absolute Gasteiger partial charge is 0.478 e. The minimum atomic E-state index is -1.22. The Morgan fingerprint density at radius 1 is 1.32 bits per heavy atom. The summed E-state index contributed by atoms with van der Waals surface area (Å²) in [6.45, 7) is 5.76. The van der Waals surface area contributed by atoms with Gasteiger partial charge in [0.25, 0.3) is 5.91 Å². The molecule has 0 spiro atoms. The second-order valence-corrected chi connectivity index (χ2v) is 4.72. The molecule has 0 aliphatic heterocycles. The van der Waals surface area contributed by atoms with E-state index in [-0.39, 0.29) is 11.1 Å². The predicted octanol–water partition coefficient (Wildman–Crippen LogP) is 2.83. The highest BCUT2D eigenvalue weighted by molar-refractivity contribution is 5.96. The van der Waals surface area contributed by atoms with E-state index in [1.807, 2.05) is 20.8 Å². The van der Waals surface area contributed by atoms with Crippen molar-refractivity contribution in [2.45, 2.75) is 39.2 Å². The van der Waals surface area contributed by atoms with Gasteiger partial charge in [-0.1, -0.05) is 13.8 Å². The first-order valence-corrected chi connectivity index (χ1v) is 6.18. The van der Waals surface area contributed by atoms with E-state index in [0.717, 1.165) is 18.9 Å². The molecule has 1 aromatic rings. The third-order valence-corrected chi connectivity index (χ3v) is 3.44. The average Bonchev–Trinajstić information content (AvgIpc) is 2.38. The number of hydrogen-bond donors (Lipinski definition) is 2. The Labute approximate surface area is 111 Å². The van der Waals surface area contributed by atoms with Crippen molar-refractivity contribution in [1.29, 1.82) is 0 Å². The zero-order chi connectivity index (χ0) is 14.6. The van der Waals surface area contributed by atoms with Gasteiger partial charge in [-0.05, 0) is 38.0 Å². The van der Waals surface area contributed by atoms with E-state index in [9.17, 15) is 14.0 Å². The highest BCUT2D eigenvalue weighted by Gasteiger charge is 2.24. The van der Waals surface area contributed by atoms with Crippen LogP contribution in [0.5, 0.6) is 0 Å². The van der Waals surface area contributed by atoms with Gasteiger partial charge in [0.05, 0.1) is 11.1 Å². The van der Waals surface area contributed by atoms with Gasteiger partial charge < -0.3 is 10.4 Å². The van der Waals surface area contributed by atoms with Gasteiger partial charge in [-0.2, -0.15) is 0 Å². The number of rotatable bonds is 5. The monoisotopic (exact) mass is 267 g/mol. The number of carbonyl (C=O) groups excluding carboxylic acids is 1. The molecule has 1 amide bonds. The van der Waals surface area contributed by atoms with E-state index in [2.05, 4.69) is 5.32 Å². The molecular weight excluding hydrogens is 249 g/mol. The number of hydrogen-bond acceptors (Lipinski definition) is 2. The Bertz CT molecular complexity index is 495. The van der Waals surface area contributed by atoms with Gasteiger partial charge in [0.1, 0.15) is 5.82 Å². The maximum atomic E-state index is 13.7. The molecule has 0 atom stereocenters. The summed E-state index contributed by atoms with van der Waals surface area (Å²) in [4.78, 5) is 22.7. The Morgan fingerprint density at radius 2 is 1.89 bits per heavy atom. The van der Waals surface area contributed by atoms with E-state index in [1.165, 1.54) is 12.1 Å². The molecule has 0 aromatic heterocycles. The lowest BCUT2D eigenvalue weighted by Crippen LogP contribution is -2.45. The molecule has 0 saturated heterocycles. The van der Waals surface area contributed by atoms with Gasteiger partial charge in [0.15, 0.2) is 0 Å². The highest BCUT2D eigenvalue weighted by atomic mass is 19.1. The third kappa shape index (κ3) is 3.53. The lowest BCUT2D eigenvalue weighted by Gasteiger charge is -2.28. The van der Waals surface area contributed by atoms with Crippen LogP contribution in [0, 0.1) is 5.82 Å². The van der Waals surface area contributed by atoms with Crippen molar-refractivity contribution < 1.29 is 19.1 Å². The minimum absolute atomic E-state index is 0.141. The quantitative estimate of drug-likeness (QED) is 0.862. The molecule has 0 bridgehead atoms. The molecule has 0 saturated carbocycles. The first-order valence-electron chi connectivity index (χ1n) is 6.18. The van der Waals surface area contributed by atoms with Crippen LogP contribution < -0.4 is 5.32 Å². The number of carboxylic acid groups (broad SMARTS) is 1. The molecule has 4 nitrogen and oxygen atoms in total. The summed E-state index contributed by atoms with van der Waals surface area (Å²) in [5.41, 5.74) is -0.712. The van der Waals surface area contributed by atoms with E-state index < -0.39 is 23.2 Å². The summed E-state index contributed by atoms with van der Waals surface area (Å²) in [5.74, 6) is -2.58. The van der Waals surface area contributed by atoms with Crippen LogP contribution in [0.15, 0.2) is 18.2 Å². The summed E-state index contributed by atoms with van der Waals surface area (Å²) in [7, 11) is 0. The van der Waals surface area contributed by atoms with Gasteiger partial charge in [-0.25, -0.2) is 9.18 Å². The lowest BCUT2D eigenvalue weighted by atomic mass is 9.95. The topological polar surface area (TPSA) is 66.4 Å². The van der Waals surface area contributed by atoms with Crippen molar-refractivity contribution in [2.24, 2.45) is 0 Å². The minimum Gasteiger partial charge on any atom is -0.478 e. The molecule has 5 heteroatoms. The standard InChI is InChI=1S/C14H18FNO3/c1-4-14(3,5-2)16-12(17)10-7-6-9(13(18)19)8-11(10)15/h6-8H,4-5H2,1-3H3,(H,16,17)(H,18,19). The molecule has 1 aromatic carbocycles. The van der Waals surface area contributed by atoms with Gasteiger partial charge >= 0.3 is 5.97 Å². The molecule has 0 unspecified atom stereocenters. The van der Waals surface area contributed by atoms with Crippen molar-refractivity contribution in [3.05, 3.63) is 35.1 Å². The molecule has 0 aliphatic carbocycles. The molecule has 104 valence electrons. The Kier molecular flexibility index (Phi) is 4.64. The van der Waals surface area contributed by atoms with E-state index in [4.69, 9.17) is 5.11 Å². The molecule has 2 N–H and O–H groups in total. The van der Waals surface area contributed by atoms with Crippen LogP contribution in [0.1, 0.15) is 54.3 Å². The second-order valence-electron chi connectivity index (χ2n) is 4.72. The zero-order valence-electron chi connectivity index (χ0n) is 11.3. The number of benzene rings is 1. The first-order chi connectivity index (χ1) is 8.83. The fourth-order valence-corrected chi connectivity index (χ4v) is 1.60.